The van der Waals surface area contributed by atoms with E-state index in [2.05, 4.69) is 115 Å². The Morgan fingerprint density at radius 3 is 1.39 bits per heavy atom. The van der Waals surface area contributed by atoms with E-state index in [1.807, 2.05) is 0 Å². The van der Waals surface area contributed by atoms with Crippen LogP contribution in [0, 0.1) is 0 Å². The summed E-state index contributed by atoms with van der Waals surface area (Å²) in [5.74, 6) is 0. The van der Waals surface area contributed by atoms with Gasteiger partial charge in [-0.1, -0.05) is 84.9 Å². The van der Waals surface area contributed by atoms with Crippen LogP contribution in [0.15, 0.2) is 97.1 Å². The van der Waals surface area contributed by atoms with Crippen molar-refractivity contribution in [3.8, 4) is 0 Å². The number of hydrogen-bond donors (Lipinski definition) is 1. The molecule has 33 heavy (non-hydrogen) atoms. The summed E-state index contributed by atoms with van der Waals surface area (Å²) in [6.45, 7) is 0. The molecule has 0 saturated heterocycles. The molecule has 6 aromatic carbocycles. The molecule has 0 amide bonds. The third-order valence-corrected chi connectivity index (χ3v) is 7.25. The van der Waals surface area contributed by atoms with Gasteiger partial charge in [-0.15, -0.1) is 0 Å². The summed E-state index contributed by atoms with van der Waals surface area (Å²) in [5.41, 5.74) is 7.56. The van der Waals surface area contributed by atoms with E-state index >= 15 is 0 Å². The summed E-state index contributed by atoms with van der Waals surface area (Å²) >= 11 is 0. The monoisotopic (exact) mass is 417 g/mol. The molecule has 0 saturated carbocycles. The first kappa shape index (κ1) is 17.2. The maximum Gasteiger partial charge on any atom is 0.0477 e. The van der Waals surface area contributed by atoms with Crippen molar-refractivity contribution in [1.29, 1.82) is 0 Å². The zero-order valence-corrected chi connectivity index (χ0v) is 17.9. The van der Waals surface area contributed by atoms with Crippen LogP contribution < -0.4 is 5.32 Å². The predicted molar refractivity (Wildman–Crippen MR) is 142 cm³/mol. The van der Waals surface area contributed by atoms with Gasteiger partial charge in [-0.3, -0.25) is 0 Å². The molecule has 0 atom stereocenters. The number of benzene rings is 6. The molecule has 1 nitrogen and oxygen atoms in total. The molecule has 8 rings (SSSR count). The second kappa shape index (κ2) is 6.11. The van der Waals surface area contributed by atoms with Crippen molar-refractivity contribution in [2.75, 3.05) is 0 Å². The summed E-state index contributed by atoms with van der Waals surface area (Å²) in [6, 6.07) is 35.3. The normalized spacial score (nSPS) is 13.8. The Labute approximate surface area is 191 Å². The summed E-state index contributed by atoms with van der Waals surface area (Å²) < 4.78 is 0. The van der Waals surface area contributed by atoms with Gasteiger partial charge in [-0.05, 0) is 78.5 Å². The molecule has 2 aliphatic carbocycles. The standard InChI is InChI=1S/C32H19N/c1-3-13-25-19(7-1)15-21-9-5-11-23-17-27(31(25)29(21)23)33-28-18-24-12-6-10-22-16-20-8-2-4-14-26(20)32(28)30(22)24/h1-18,33H. The third-order valence-electron chi connectivity index (χ3n) is 7.25. The number of rotatable bonds is 2. The van der Waals surface area contributed by atoms with Gasteiger partial charge >= 0.3 is 0 Å². The zero-order chi connectivity index (χ0) is 21.5. The SMILES string of the molecule is C1=C(NC2=Cc3cccc4cc5ccccc5c2c34)c2c3ccccc3cc3cccc1c23. The molecular formula is C32H19N. The summed E-state index contributed by atoms with van der Waals surface area (Å²) in [6.07, 6.45) is 4.63. The van der Waals surface area contributed by atoms with Gasteiger partial charge in [0.1, 0.15) is 0 Å². The minimum absolute atomic E-state index is 1.18. The van der Waals surface area contributed by atoms with Crippen molar-refractivity contribution >= 4 is 66.6 Å². The molecule has 0 fully saturated rings. The van der Waals surface area contributed by atoms with Crippen LogP contribution in [0.1, 0.15) is 22.3 Å². The molecule has 6 aromatic rings. The van der Waals surface area contributed by atoms with Gasteiger partial charge in [0.2, 0.25) is 0 Å². The fourth-order valence-corrected chi connectivity index (χ4v) is 5.90. The van der Waals surface area contributed by atoms with Crippen LogP contribution in [-0.4, -0.2) is 0 Å². The van der Waals surface area contributed by atoms with E-state index < -0.39 is 0 Å². The Morgan fingerprint density at radius 1 is 0.424 bits per heavy atom. The quantitative estimate of drug-likeness (QED) is 0.280. The van der Waals surface area contributed by atoms with Gasteiger partial charge in [-0.2, -0.15) is 0 Å². The maximum atomic E-state index is 3.90. The highest BCUT2D eigenvalue weighted by atomic mass is 14.9. The smallest absolute Gasteiger partial charge is 0.0477 e. The average molecular weight is 418 g/mol. The Hall–Kier alpha value is -4.36. The summed E-state index contributed by atoms with van der Waals surface area (Å²) in [4.78, 5) is 0. The van der Waals surface area contributed by atoms with Gasteiger partial charge in [-0.25, -0.2) is 0 Å². The average Bonchev–Trinajstić information content (AvgIpc) is 3.40. The van der Waals surface area contributed by atoms with E-state index in [9.17, 15) is 0 Å². The lowest BCUT2D eigenvalue weighted by molar-refractivity contribution is 1.29. The van der Waals surface area contributed by atoms with Crippen LogP contribution >= 0.6 is 0 Å². The van der Waals surface area contributed by atoms with Crippen molar-refractivity contribution < 1.29 is 0 Å². The number of hydrogen-bond acceptors (Lipinski definition) is 1. The fraction of sp³-hybridized carbons (Fsp3) is 0. The van der Waals surface area contributed by atoms with E-state index in [4.69, 9.17) is 0 Å². The molecule has 0 aliphatic heterocycles. The Bertz CT molecular complexity index is 1750. The van der Waals surface area contributed by atoms with Crippen LogP contribution in [0.2, 0.25) is 0 Å². The van der Waals surface area contributed by atoms with Gasteiger partial charge in [0.15, 0.2) is 0 Å². The van der Waals surface area contributed by atoms with E-state index in [-0.39, 0.29) is 0 Å². The van der Waals surface area contributed by atoms with E-state index in [1.54, 1.807) is 0 Å². The Morgan fingerprint density at radius 2 is 0.879 bits per heavy atom. The minimum atomic E-state index is 1.18. The largest absolute Gasteiger partial charge is 0.354 e. The highest BCUT2D eigenvalue weighted by Crippen LogP contribution is 2.44. The number of fused-ring (bicyclic) bond motifs is 4. The molecule has 1 heteroatoms. The maximum absolute atomic E-state index is 3.90. The van der Waals surface area contributed by atoms with Crippen LogP contribution in [0.25, 0.3) is 66.6 Å². The predicted octanol–water partition coefficient (Wildman–Crippen LogP) is 8.21. The molecule has 2 aliphatic rings. The van der Waals surface area contributed by atoms with Crippen molar-refractivity contribution in [2.45, 2.75) is 0 Å². The van der Waals surface area contributed by atoms with Gasteiger partial charge in [0.05, 0.1) is 0 Å². The first-order chi connectivity index (χ1) is 16.3. The van der Waals surface area contributed by atoms with Crippen molar-refractivity contribution in [2.24, 2.45) is 0 Å². The van der Waals surface area contributed by atoms with Crippen LogP contribution in [0.3, 0.4) is 0 Å². The lowest BCUT2D eigenvalue weighted by Gasteiger charge is -2.16. The minimum Gasteiger partial charge on any atom is -0.354 e. The van der Waals surface area contributed by atoms with Crippen LogP contribution in [0.5, 0.6) is 0 Å². The van der Waals surface area contributed by atoms with Gasteiger partial charge in [0, 0.05) is 22.5 Å². The second-order valence-corrected chi connectivity index (χ2v) is 9.08. The van der Waals surface area contributed by atoms with E-state index in [0.29, 0.717) is 0 Å². The fourth-order valence-electron chi connectivity index (χ4n) is 5.90. The molecule has 152 valence electrons. The summed E-state index contributed by atoms with van der Waals surface area (Å²) in [7, 11) is 0. The van der Waals surface area contributed by atoms with Crippen LogP contribution in [-0.2, 0) is 0 Å². The highest BCUT2D eigenvalue weighted by Gasteiger charge is 2.24. The molecule has 0 bridgehead atoms. The molecule has 0 aromatic heterocycles. The molecule has 0 radical (unpaired) electrons. The van der Waals surface area contributed by atoms with Crippen molar-refractivity contribution in [3.63, 3.8) is 0 Å². The van der Waals surface area contributed by atoms with E-state index in [0.717, 1.165) is 0 Å². The Balaban J connectivity index is 1.38. The first-order valence-electron chi connectivity index (χ1n) is 11.5. The van der Waals surface area contributed by atoms with E-state index in [1.165, 1.54) is 76.7 Å². The molecule has 0 spiro atoms. The topological polar surface area (TPSA) is 12.0 Å². The van der Waals surface area contributed by atoms with Gasteiger partial charge < -0.3 is 5.32 Å². The zero-order valence-electron chi connectivity index (χ0n) is 17.9. The summed E-state index contributed by atoms with van der Waals surface area (Å²) in [5, 5.41) is 14.3. The second-order valence-electron chi connectivity index (χ2n) is 9.08. The molecular weight excluding hydrogens is 398 g/mol. The molecule has 1 N–H and O–H groups in total. The van der Waals surface area contributed by atoms with Crippen molar-refractivity contribution in [3.05, 3.63) is 119 Å². The van der Waals surface area contributed by atoms with Crippen molar-refractivity contribution in [1.82, 2.24) is 5.32 Å². The first-order valence-corrected chi connectivity index (χ1v) is 11.5. The molecule has 0 unspecified atom stereocenters. The lowest BCUT2D eigenvalue weighted by Crippen LogP contribution is -2.09. The Kier molecular flexibility index (Phi) is 3.19. The van der Waals surface area contributed by atoms with Gasteiger partial charge in [0.25, 0.3) is 0 Å². The number of nitrogens with one attached hydrogen (secondary N) is 1. The molecule has 0 heterocycles. The highest BCUT2D eigenvalue weighted by molar-refractivity contribution is 6.22. The van der Waals surface area contributed by atoms with Crippen LogP contribution in [0.4, 0.5) is 0 Å². The third kappa shape index (κ3) is 2.26. The lowest BCUT2D eigenvalue weighted by atomic mass is 9.95.